The molecule has 0 spiro atoms. The van der Waals surface area contributed by atoms with Gasteiger partial charge in [-0.15, -0.1) is 0 Å². The highest BCUT2D eigenvalue weighted by Gasteiger charge is 2.26. The van der Waals surface area contributed by atoms with Crippen molar-refractivity contribution in [2.24, 2.45) is 0 Å². The van der Waals surface area contributed by atoms with Crippen LogP contribution in [0.4, 0.5) is 4.79 Å². The van der Waals surface area contributed by atoms with E-state index in [1.807, 2.05) is 0 Å². The molecule has 1 aliphatic rings. The van der Waals surface area contributed by atoms with Crippen LogP contribution in [0.5, 0.6) is 0 Å². The van der Waals surface area contributed by atoms with Gasteiger partial charge < -0.3 is 0 Å². The maximum absolute atomic E-state index is 11.6. The van der Waals surface area contributed by atoms with Crippen molar-refractivity contribution in [3.8, 4) is 0 Å². The first-order chi connectivity index (χ1) is 7.25. The molecule has 0 radical (unpaired) electrons. The average Bonchev–Trinajstić information content (AvgIpc) is 2.64. The highest BCUT2D eigenvalue weighted by molar-refractivity contribution is 8.13. The van der Waals surface area contributed by atoms with Crippen LogP contribution in [0.3, 0.4) is 0 Å². The molecule has 0 bridgehead atoms. The van der Waals surface area contributed by atoms with Crippen molar-refractivity contribution in [2.45, 2.75) is 45.4 Å². The fourth-order valence-corrected chi connectivity index (χ4v) is 2.43. The van der Waals surface area contributed by atoms with Crippen molar-refractivity contribution in [1.82, 2.24) is 4.90 Å². The van der Waals surface area contributed by atoms with Crippen LogP contribution < -0.4 is 0 Å². The molecule has 1 aliphatic heterocycles. The predicted molar refractivity (Wildman–Crippen MR) is 62.9 cm³/mol. The molecule has 1 heterocycles. The van der Waals surface area contributed by atoms with E-state index in [1.165, 1.54) is 35.9 Å². The molecule has 1 fully saturated rings. The minimum Gasteiger partial charge on any atom is -0.274 e. The molecule has 0 saturated carbocycles. The van der Waals surface area contributed by atoms with Gasteiger partial charge in [-0.3, -0.25) is 14.5 Å². The van der Waals surface area contributed by atoms with Crippen molar-refractivity contribution in [3.05, 3.63) is 0 Å². The standard InChI is InChI=1S/C11H19NO2S/c1-2-3-4-5-6-7-10(13)12-8-9-15-11(12)14/h2-9H2,1H3. The van der Waals surface area contributed by atoms with Gasteiger partial charge in [-0.05, 0) is 6.42 Å². The molecule has 15 heavy (non-hydrogen) atoms. The lowest BCUT2D eigenvalue weighted by Gasteiger charge is -2.11. The lowest BCUT2D eigenvalue weighted by molar-refractivity contribution is -0.127. The first kappa shape index (κ1) is 12.6. The quantitative estimate of drug-likeness (QED) is 0.657. The maximum atomic E-state index is 11.6. The third-order valence-corrected chi connectivity index (χ3v) is 3.41. The van der Waals surface area contributed by atoms with Crippen LogP contribution in [0.15, 0.2) is 0 Å². The number of unbranched alkanes of at least 4 members (excludes halogenated alkanes) is 4. The van der Waals surface area contributed by atoms with Gasteiger partial charge >= 0.3 is 0 Å². The number of hydrogen-bond acceptors (Lipinski definition) is 3. The Morgan fingerprint density at radius 2 is 2.07 bits per heavy atom. The van der Waals surface area contributed by atoms with Crippen molar-refractivity contribution in [3.63, 3.8) is 0 Å². The highest BCUT2D eigenvalue weighted by Crippen LogP contribution is 2.19. The summed E-state index contributed by atoms with van der Waals surface area (Å²) in [4.78, 5) is 24.2. The Balaban J connectivity index is 2.10. The van der Waals surface area contributed by atoms with Crippen molar-refractivity contribution in [1.29, 1.82) is 0 Å². The highest BCUT2D eigenvalue weighted by atomic mass is 32.2. The van der Waals surface area contributed by atoms with Gasteiger partial charge in [0.15, 0.2) is 0 Å². The summed E-state index contributed by atoms with van der Waals surface area (Å²) in [5, 5.41) is -0.0615. The van der Waals surface area contributed by atoms with E-state index < -0.39 is 0 Å². The number of nitrogens with zero attached hydrogens (tertiary/aromatic N) is 1. The monoisotopic (exact) mass is 229 g/mol. The van der Waals surface area contributed by atoms with E-state index in [1.54, 1.807) is 0 Å². The zero-order valence-corrected chi connectivity index (χ0v) is 10.1. The molecule has 4 heteroatoms. The van der Waals surface area contributed by atoms with E-state index in [9.17, 15) is 9.59 Å². The van der Waals surface area contributed by atoms with Gasteiger partial charge in [-0.25, -0.2) is 0 Å². The van der Waals surface area contributed by atoms with E-state index >= 15 is 0 Å². The molecule has 86 valence electrons. The maximum Gasteiger partial charge on any atom is 0.288 e. The van der Waals surface area contributed by atoms with E-state index in [0.717, 1.165) is 18.6 Å². The average molecular weight is 229 g/mol. The topological polar surface area (TPSA) is 37.4 Å². The molecule has 0 aromatic rings. The second-order valence-electron chi connectivity index (χ2n) is 3.82. The first-order valence-electron chi connectivity index (χ1n) is 5.73. The Hall–Kier alpha value is -0.510. The van der Waals surface area contributed by atoms with E-state index in [0.29, 0.717) is 13.0 Å². The molecule has 2 amide bonds. The van der Waals surface area contributed by atoms with Crippen molar-refractivity contribution >= 4 is 22.9 Å². The molecule has 1 rings (SSSR count). The number of rotatable bonds is 6. The van der Waals surface area contributed by atoms with E-state index in [4.69, 9.17) is 0 Å². The van der Waals surface area contributed by atoms with Gasteiger partial charge in [0.2, 0.25) is 5.91 Å². The smallest absolute Gasteiger partial charge is 0.274 e. The molecule has 1 saturated heterocycles. The fourth-order valence-electron chi connectivity index (χ4n) is 1.63. The van der Waals surface area contributed by atoms with Crippen LogP contribution in [0.1, 0.15) is 45.4 Å². The Morgan fingerprint density at radius 1 is 1.33 bits per heavy atom. The summed E-state index contributed by atoms with van der Waals surface area (Å²) in [5.74, 6) is 0.780. The van der Waals surface area contributed by atoms with E-state index in [2.05, 4.69) is 6.92 Å². The molecule has 0 N–H and O–H groups in total. The molecule has 3 nitrogen and oxygen atoms in total. The Kier molecular flexibility index (Phi) is 5.76. The summed E-state index contributed by atoms with van der Waals surface area (Å²) >= 11 is 1.25. The summed E-state index contributed by atoms with van der Waals surface area (Å²) < 4.78 is 0. The SMILES string of the molecule is CCCCCCCC(=O)N1CCSC1=O. The van der Waals surface area contributed by atoms with Crippen LogP contribution in [-0.4, -0.2) is 28.3 Å². The van der Waals surface area contributed by atoms with Gasteiger partial charge in [0, 0.05) is 18.7 Å². The normalized spacial score (nSPS) is 16.1. The van der Waals surface area contributed by atoms with Crippen LogP contribution >= 0.6 is 11.8 Å². The van der Waals surface area contributed by atoms with Gasteiger partial charge in [-0.2, -0.15) is 0 Å². The first-order valence-corrected chi connectivity index (χ1v) is 6.71. The third-order valence-electron chi connectivity index (χ3n) is 2.56. The van der Waals surface area contributed by atoms with Gasteiger partial charge in [0.25, 0.3) is 5.24 Å². The van der Waals surface area contributed by atoms with Gasteiger partial charge in [0.05, 0.1) is 0 Å². The zero-order chi connectivity index (χ0) is 11.1. The lowest BCUT2D eigenvalue weighted by Crippen LogP contribution is -2.30. The van der Waals surface area contributed by atoms with Crippen LogP contribution in [0.25, 0.3) is 0 Å². The fraction of sp³-hybridized carbons (Fsp3) is 0.818. The Labute approximate surface area is 95.6 Å². The number of carbonyl (C=O) groups excluding carboxylic acids is 2. The van der Waals surface area contributed by atoms with Gasteiger partial charge in [0.1, 0.15) is 0 Å². The van der Waals surface area contributed by atoms with Crippen LogP contribution in [0, 0.1) is 0 Å². The van der Waals surface area contributed by atoms with E-state index in [-0.39, 0.29) is 11.1 Å². The molecule has 0 aromatic heterocycles. The second kappa shape index (κ2) is 6.88. The number of amides is 2. The number of hydrogen-bond donors (Lipinski definition) is 0. The molecule has 0 unspecified atom stereocenters. The Morgan fingerprint density at radius 3 is 2.67 bits per heavy atom. The van der Waals surface area contributed by atoms with Crippen molar-refractivity contribution in [2.75, 3.05) is 12.3 Å². The zero-order valence-electron chi connectivity index (χ0n) is 9.33. The second-order valence-corrected chi connectivity index (χ2v) is 4.87. The summed E-state index contributed by atoms with van der Waals surface area (Å²) in [6.45, 7) is 2.78. The molecular formula is C11H19NO2S. The van der Waals surface area contributed by atoms with Crippen LogP contribution in [0.2, 0.25) is 0 Å². The molecule has 0 aliphatic carbocycles. The van der Waals surface area contributed by atoms with Crippen LogP contribution in [-0.2, 0) is 4.79 Å². The lowest BCUT2D eigenvalue weighted by atomic mass is 10.1. The molecule has 0 aromatic carbocycles. The molecular weight excluding hydrogens is 210 g/mol. The van der Waals surface area contributed by atoms with Crippen molar-refractivity contribution < 1.29 is 9.59 Å². The Bertz CT molecular complexity index is 231. The minimum atomic E-state index is -0.0615. The number of carbonyl (C=O) groups is 2. The number of thioether (sulfide) groups is 1. The summed E-state index contributed by atoms with van der Waals surface area (Å²) in [7, 11) is 0. The number of imide groups is 1. The summed E-state index contributed by atoms with van der Waals surface area (Å²) in [6, 6.07) is 0. The predicted octanol–water partition coefficient (Wildman–Crippen LogP) is 3.04. The van der Waals surface area contributed by atoms with Gasteiger partial charge in [-0.1, -0.05) is 44.4 Å². The largest absolute Gasteiger partial charge is 0.288 e. The third kappa shape index (κ3) is 4.24. The summed E-state index contributed by atoms with van der Waals surface area (Å²) in [5.41, 5.74) is 0. The molecule has 0 atom stereocenters. The summed E-state index contributed by atoms with van der Waals surface area (Å²) in [6.07, 6.45) is 6.23. The minimum absolute atomic E-state index is 0.0153.